The first kappa shape index (κ1) is 11.5. The van der Waals surface area contributed by atoms with Crippen LogP contribution in [-0.2, 0) is 0 Å². The fourth-order valence-corrected chi connectivity index (χ4v) is 3.13. The lowest BCUT2D eigenvalue weighted by molar-refractivity contribution is 0.793. The standard InChI is InChI=1S/C12H17N3S/c1-8(2)14-12(15-13)10-7-16-11-6-4-3-5-9(10)11/h3-6,8,10H,7,13H2,1-2H3,(H,14,15). The lowest BCUT2D eigenvalue weighted by Gasteiger charge is -2.14. The summed E-state index contributed by atoms with van der Waals surface area (Å²) >= 11 is 1.87. The summed E-state index contributed by atoms with van der Waals surface area (Å²) in [6.45, 7) is 4.12. The van der Waals surface area contributed by atoms with Crippen molar-refractivity contribution in [2.24, 2.45) is 10.8 Å². The van der Waals surface area contributed by atoms with Gasteiger partial charge in [-0.05, 0) is 25.5 Å². The maximum Gasteiger partial charge on any atom is 0.119 e. The minimum absolute atomic E-state index is 0.267. The number of thioether (sulfide) groups is 1. The molecule has 1 aromatic carbocycles. The number of aliphatic imine (C=N–C) groups is 1. The predicted molar refractivity (Wildman–Crippen MR) is 69.8 cm³/mol. The first-order chi connectivity index (χ1) is 7.72. The maximum absolute atomic E-state index is 5.57. The highest BCUT2D eigenvalue weighted by atomic mass is 32.2. The Bertz CT molecular complexity index is 401. The molecule has 1 aliphatic heterocycles. The van der Waals surface area contributed by atoms with Gasteiger partial charge in [0, 0.05) is 16.7 Å². The van der Waals surface area contributed by atoms with Crippen molar-refractivity contribution in [1.82, 2.24) is 5.43 Å². The van der Waals surface area contributed by atoms with Crippen LogP contribution >= 0.6 is 11.8 Å². The molecule has 0 amide bonds. The Morgan fingerprint density at radius 1 is 1.50 bits per heavy atom. The number of hydrogen-bond acceptors (Lipinski definition) is 3. The van der Waals surface area contributed by atoms with Crippen molar-refractivity contribution in [1.29, 1.82) is 0 Å². The molecule has 1 aromatic rings. The summed E-state index contributed by atoms with van der Waals surface area (Å²) < 4.78 is 0. The van der Waals surface area contributed by atoms with Gasteiger partial charge in [0.15, 0.2) is 0 Å². The van der Waals surface area contributed by atoms with Crippen LogP contribution < -0.4 is 11.3 Å². The number of nitrogens with zero attached hydrogens (tertiary/aromatic N) is 1. The number of hydrazine groups is 1. The average molecular weight is 235 g/mol. The van der Waals surface area contributed by atoms with E-state index in [-0.39, 0.29) is 6.04 Å². The maximum atomic E-state index is 5.57. The topological polar surface area (TPSA) is 50.4 Å². The van der Waals surface area contributed by atoms with Crippen molar-refractivity contribution >= 4 is 17.6 Å². The zero-order chi connectivity index (χ0) is 11.5. The molecule has 0 fully saturated rings. The summed E-state index contributed by atoms with van der Waals surface area (Å²) in [6.07, 6.45) is 0. The van der Waals surface area contributed by atoms with Crippen LogP contribution in [0.2, 0.25) is 0 Å². The Morgan fingerprint density at radius 2 is 2.25 bits per heavy atom. The Kier molecular flexibility index (Phi) is 3.51. The van der Waals surface area contributed by atoms with Crippen molar-refractivity contribution < 1.29 is 0 Å². The van der Waals surface area contributed by atoms with Crippen LogP contribution in [0.15, 0.2) is 34.2 Å². The third-order valence-corrected chi connectivity index (χ3v) is 3.76. The van der Waals surface area contributed by atoms with E-state index in [1.54, 1.807) is 0 Å². The molecular weight excluding hydrogens is 218 g/mol. The zero-order valence-corrected chi connectivity index (χ0v) is 10.4. The molecule has 2 rings (SSSR count). The van der Waals surface area contributed by atoms with Crippen molar-refractivity contribution in [2.45, 2.75) is 30.7 Å². The van der Waals surface area contributed by atoms with Crippen LogP contribution in [0.25, 0.3) is 0 Å². The van der Waals surface area contributed by atoms with E-state index in [4.69, 9.17) is 5.84 Å². The molecule has 0 spiro atoms. The first-order valence-electron chi connectivity index (χ1n) is 5.48. The normalized spacial score (nSPS) is 20.0. The highest BCUT2D eigenvalue weighted by molar-refractivity contribution is 7.99. The predicted octanol–water partition coefficient (Wildman–Crippen LogP) is 2.15. The highest BCUT2D eigenvalue weighted by Crippen LogP contribution is 2.39. The number of rotatable bonds is 2. The molecule has 3 nitrogen and oxygen atoms in total. The SMILES string of the molecule is CC(C)N=C(NN)C1CSc2ccccc21. The summed E-state index contributed by atoms with van der Waals surface area (Å²) in [5.74, 6) is 7.80. The van der Waals surface area contributed by atoms with Crippen LogP contribution in [0.5, 0.6) is 0 Å². The van der Waals surface area contributed by atoms with Crippen molar-refractivity contribution in [3.05, 3.63) is 29.8 Å². The van der Waals surface area contributed by atoms with Gasteiger partial charge in [0.2, 0.25) is 0 Å². The molecule has 0 saturated heterocycles. The van der Waals surface area contributed by atoms with Crippen LogP contribution in [0.4, 0.5) is 0 Å². The van der Waals surface area contributed by atoms with Crippen LogP contribution in [0, 0.1) is 0 Å². The van der Waals surface area contributed by atoms with Crippen molar-refractivity contribution in [3.8, 4) is 0 Å². The summed E-state index contributed by atoms with van der Waals surface area (Å²) in [5, 5.41) is 0. The zero-order valence-electron chi connectivity index (χ0n) is 9.60. The molecular formula is C12H17N3S. The van der Waals surface area contributed by atoms with E-state index in [0.29, 0.717) is 5.92 Å². The van der Waals surface area contributed by atoms with Gasteiger partial charge >= 0.3 is 0 Å². The Balaban J connectivity index is 2.30. The van der Waals surface area contributed by atoms with E-state index in [1.807, 2.05) is 11.8 Å². The molecule has 1 heterocycles. The van der Waals surface area contributed by atoms with Crippen LogP contribution in [0.3, 0.4) is 0 Å². The second-order valence-electron chi connectivity index (χ2n) is 4.15. The Labute approximate surface area is 100 Å². The third kappa shape index (κ3) is 2.23. The molecule has 0 aliphatic carbocycles. The summed E-state index contributed by atoms with van der Waals surface area (Å²) in [5.41, 5.74) is 4.09. The van der Waals surface area contributed by atoms with Crippen LogP contribution in [0.1, 0.15) is 25.3 Å². The summed E-state index contributed by atoms with van der Waals surface area (Å²) in [6, 6.07) is 8.73. The first-order valence-corrected chi connectivity index (χ1v) is 6.47. The van der Waals surface area contributed by atoms with Gasteiger partial charge in [0.25, 0.3) is 0 Å². The Morgan fingerprint density at radius 3 is 2.94 bits per heavy atom. The molecule has 4 heteroatoms. The monoisotopic (exact) mass is 235 g/mol. The molecule has 0 bridgehead atoms. The molecule has 16 heavy (non-hydrogen) atoms. The third-order valence-electron chi connectivity index (χ3n) is 2.58. The minimum Gasteiger partial charge on any atom is -0.312 e. The van der Waals surface area contributed by atoms with Gasteiger partial charge in [-0.3, -0.25) is 4.99 Å². The van der Waals surface area contributed by atoms with E-state index in [9.17, 15) is 0 Å². The summed E-state index contributed by atoms with van der Waals surface area (Å²) in [7, 11) is 0. The van der Waals surface area contributed by atoms with Gasteiger partial charge in [-0.1, -0.05) is 18.2 Å². The van der Waals surface area contributed by atoms with Gasteiger partial charge in [-0.25, -0.2) is 5.84 Å². The lowest BCUT2D eigenvalue weighted by atomic mass is 10.0. The number of hydrogen-bond donors (Lipinski definition) is 2. The number of benzene rings is 1. The lowest BCUT2D eigenvalue weighted by Crippen LogP contribution is -2.36. The quantitative estimate of drug-likeness (QED) is 0.357. The number of fused-ring (bicyclic) bond motifs is 1. The smallest absolute Gasteiger partial charge is 0.119 e. The highest BCUT2D eigenvalue weighted by Gasteiger charge is 2.26. The second kappa shape index (κ2) is 4.89. The van der Waals surface area contributed by atoms with Crippen LogP contribution in [-0.4, -0.2) is 17.6 Å². The molecule has 0 aromatic heterocycles. The van der Waals surface area contributed by atoms with Gasteiger partial charge in [0.1, 0.15) is 5.84 Å². The molecule has 86 valence electrons. The Hall–Kier alpha value is -1.00. The molecule has 1 atom stereocenters. The largest absolute Gasteiger partial charge is 0.312 e. The van der Waals surface area contributed by atoms with E-state index >= 15 is 0 Å². The van der Waals surface area contributed by atoms with E-state index < -0.39 is 0 Å². The second-order valence-corrected chi connectivity index (χ2v) is 5.22. The van der Waals surface area contributed by atoms with E-state index in [2.05, 4.69) is 48.5 Å². The van der Waals surface area contributed by atoms with E-state index in [1.165, 1.54) is 10.5 Å². The number of nitrogens with one attached hydrogen (secondary N) is 1. The fraction of sp³-hybridized carbons (Fsp3) is 0.417. The molecule has 1 aliphatic rings. The summed E-state index contributed by atoms with van der Waals surface area (Å²) in [4.78, 5) is 5.89. The molecule has 1 unspecified atom stereocenters. The van der Waals surface area contributed by atoms with Gasteiger partial charge in [-0.15, -0.1) is 11.8 Å². The van der Waals surface area contributed by atoms with Gasteiger partial charge in [0.05, 0.1) is 5.92 Å². The molecule has 0 radical (unpaired) electrons. The minimum atomic E-state index is 0.267. The van der Waals surface area contributed by atoms with Crippen molar-refractivity contribution in [3.63, 3.8) is 0 Å². The molecule has 3 N–H and O–H groups in total. The average Bonchev–Trinajstić information content (AvgIpc) is 2.69. The molecule has 0 saturated carbocycles. The van der Waals surface area contributed by atoms with Gasteiger partial charge in [-0.2, -0.15) is 0 Å². The van der Waals surface area contributed by atoms with Gasteiger partial charge < -0.3 is 5.43 Å². The van der Waals surface area contributed by atoms with Crippen molar-refractivity contribution in [2.75, 3.05) is 5.75 Å². The van der Waals surface area contributed by atoms with E-state index in [0.717, 1.165) is 11.6 Å². The fourth-order valence-electron chi connectivity index (χ4n) is 1.89. The number of nitrogens with two attached hydrogens (primary N) is 1. The number of amidine groups is 1.